The fourth-order valence-electron chi connectivity index (χ4n) is 2.37. The molecule has 1 aliphatic rings. The van der Waals surface area contributed by atoms with Crippen LogP contribution in [0.5, 0.6) is 0 Å². The summed E-state index contributed by atoms with van der Waals surface area (Å²) in [6.45, 7) is 4.17. The molecular formula is C13H24N2O6S. The fourth-order valence-corrected chi connectivity index (χ4v) is 3.79. The largest absolute Gasteiger partial charge is 0.480 e. The zero-order valence-electron chi connectivity index (χ0n) is 12.9. The Kier molecular flexibility index (Phi) is 7.24. The van der Waals surface area contributed by atoms with E-state index in [4.69, 9.17) is 9.84 Å². The summed E-state index contributed by atoms with van der Waals surface area (Å²) in [5.74, 6) is -1.79. The molecule has 0 saturated carbocycles. The highest BCUT2D eigenvalue weighted by Gasteiger charge is 2.34. The van der Waals surface area contributed by atoms with E-state index < -0.39 is 22.2 Å². The molecule has 0 radical (unpaired) electrons. The summed E-state index contributed by atoms with van der Waals surface area (Å²) in [7, 11) is -3.86. The van der Waals surface area contributed by atoms with Crippen LogP contribution in [0, 0.1) is 5.92 Å². The van der Waals surface area contributed by atoms with Crippen molar-refractivity contribution in [2.45, 2.75) is 45.6 Å². The predicted octanol–water partition coefficient (Wildman–Crippen LogP) is 0.349. The molecule has 1 fully saturated rings. The van der Waals surface area contributed by atoms with E-state index in [9.17, 15) is 18.0 Å². The van der Waals surface area contributed by atoms with Crippen LogP contribution in [0.15, 0.2) is 0 Å². The Morgan fingerprint density at radius 1 is 1.32 bits per heavy atom. The number of aliphatic carboxylic acids is 1. The maximum absolute atomic E-state index is 12.2. The topological polar surface area (TPSA) is 113 Å². The molecule has 1 atom stereocenters. The number of hydrogen-bond acceptors (Lipinski definition) is 5. The second-order valence-electron chi connectivity index (χ2n) is 5.23. The summed E-state index contributed by atoms with van der Waals surface area (Å²) >= 11 is 0. The summed E-state index contributed by atoms with van der Waals surface area (Å²) in [5, 5.41) is 9.03. The molecular weight excluding hydrogens is 312 g/mol. The average molecular weight is 336 g/mol. The van der Waals surface area contributed by atoms with Gasteiger partial charge in [-0.1, -0.05) is 13.3 Å². The molecule has 0 aromatic heterocycles. The lowest BCUT2D eigenvalue weighted by Crippen LogP contribution is -2.51. The van der Waals surface area contributed by atoms with Gasteiger partial charge in [0.1, 0.15) is 6.04 Å². The van der Waals surface area contributed by atoms with Crippen LogP contribution in [0.2, 0.25) is 0 Å². The van der Waals surface area contributed by atoms with Crippen molar-refractivity contribution in [3.8, 4) is 0 Å². The van der Waals surface area contributed by atoms with Crippen molar-refractivity contribution >= 4 is 22.1 Å². The van der Waals surface area contributed by atoms with E-state index in [0.29, 0.717) is 25.9 Å². The quantitative estimate of drug-likeness (QED) is 0.618. The third-order valence-electron chi connectivity index (χ3n) is 3.58. The number of nitrogens with one attached hydrogen (secondary N) is 1. The van der Waals surface area contributed by atoms with Crippen molar-refractivity contribution in [2.24, 2.45) is 5.92 Å². The standard InChI is InChI=1S/C13H24N2O6S/c1-3-5-11(12(16)17)14-22(19,20)15-8-6-10(7-9-15)13(18)21-4-2/h10-11,14H,3-9H2,1-2H3,(H,16,17). The summed E-state index contributed by atoms with van der Waals surface area (Å²) < 4.78 is 32.8. The molecule has 1 aliphatic heterocycles. The zero-order valence-corrected chi connectivity index (χ0v) is 13.8. The average Bonchev–Trinajstić information content (AvgIpc) is 2.47. The van der Waals surface area contributed by atoms with E-state index in [1.807, 2.05) is 0 Å². The highest BCUT2D eigenvalue weighted by Crippen LogP contribution is 2.20. The Morgan fingerprint density at radius 2 is 1.91 bits per heavy atom. The summed E-state index contributed by atoms with van der Waals surface area (Å²) in [4.78, 5) is 22.7. The molecule has 22 heavy (non-hydrogen) atoms. The van der Waals surface area contributed by atoms with Crippen molar-refractivity contribution in [2.75, 3.05) is 19.7 Å². The highest BCUT2D eigenvalue weighted by atomic mass is 32.2. The highest BCUT2D eigenvalue weighted by molar-refractivity contribution is 7.87. The number of carbonyl (C=O) groups is 2. The van der Waals surface area contributed by atoms with Crippen LogP contribution in [0.4, 0.5) is 0 Å². The Morgan fingerprint density at radius 3 is 2.36 bits per heavy atom. The Hall–Kier alpha value is -1.19. The van der Waals surface area contributed by atoms with Gasteiger partial charge in [0.15, 0.2) is 0 Å². The van der Waals surface area contributed by atoms with Gasteiger partial charge in [-0.15, -0.1) is 0 Å². The summed E-state index contributed by atoms with van der Waals surface area (Å²) in [6.07, 6.45) is 1.55. The molecule has 0 aromatic carbocycles. The van der Waals surface area contributed by atoms with Gasteiger partial charge < -0.3 is 9.84 Å². The van der Waals surface area contributed by atoms with E-state index in [2.05, 4.69) is 4.72 Å². The van der Waals surface area contributed by atoms with Gasteiger partial charge in [0.2, 0.25) is 0 Å². The van der Waals surface area contributed by atoms with Gasteiger partial charge in [0.25, 0.3) is 10.2 Å². The minimum Gasteiger partial charge on any atom is -0.480 e. The van der Waals surface area contributed by atoms with Gasteiger partial charge in [-0.25, -0.2) is 0 Å². The number of carboxylic acid groups (broad SMARTS) is 1. The lowest BCUT2D eigenvalue weighted by molar-refractivity contribution is -0.149. The number of carboxylic acids is 1. The lowest BCUT2D eigenvalue weighted by atomic mass is 9.98. The molecule has 1 rings (SSSR count). The van der Waals surface area contributed by atoms with Crippen LogP contribution in [0.25, 0.3) is 0 Å². The number of rotatable bonds is 8. The Labute approximate surface area is 131 Å². The molecule has 0 spiro atoms. The molecule has 1 saturated heterocycles. The third kappa shape index (κ3) is 5.22. The maximum atomic E-state index is 12.2. The number of piperidine rings is 1. The van der Waals surface area contributed by atoms with E-state index in [1.54, 1.807) is 13.8 Å². The molecule has 9 heteroatoms. The molecule has 2 N–H and O–H groups in total. The first-order valence-electron chi connectivity index (χ1n) is 7.48. The van der Waals surface area contributed by atoms with Crippen molar-refractivity contribution in [1.82, 2.24) is 9.03 Å². The van der Waals surface area contributed by atoms with Gasteiger partial charge in [-0.3, -0.25) is 9.59 Å². The first-order valence-corrected chi connectivity index (χ1v) is 8.92. The van der Waals surface area contributed by atoms with E-state index in [0.717, 1.165) is 0 Å². The second-order valence-corrected chi connectivity index (χ2v) is 6.93. The Balaban J connectivity index is 2.61. The number of nitrogens with zero attached hydrogens (tertiary/aromatic N) is 1. The van der Waals surface area contributed by atoms with Crippen LogP contribution in [-0.4, -0.2) is 55.5 Å². The Bertz CT molecular complexity index is 485. The number of ether oxygens (including phenoxy) is 1. The van der Waals surface area contributed by atoms with Gasteiger partial charge in [-0.05, 0) is 26.2 Å². The van der Waals surface area contributed by atoms with E-state index in [-0.39, 0.29) is 31.4 Å². The van der Waals surface area contributed by atoms with Gasteiger partial charge in [0, 0.05) is 13.1 Å². The number of carbonyl (C=O) groups excluding carboxylic acids is 1. The summed E-state index contributed by atoms with van der Waals surface area (Å²) in [5.41, 5.74) is 0. The van der Waals surface area contributed by atoms with Crippen molar-refractivity contribution in [1.29, 1.82) is 0 Å². The second kappa shape index (κ2) is 8.44. The smallest absolute Gasteiger partial charge is 0.321 e. The fraction of sp³-hybridized carbons (Fsp3) is 0.846. The predicted molar refractivity (Wildman–Crippen MR) is 79.3 cm³/mol. The monoisotopic (exact) mass is 336 g/mol. The van der Waals surface area contributed by atoms with Gasteiger partial charge in [-0.2, -0.15) is 17.4 Å². The molecule has 0 aliphatic carbocycles. The zero-order chi connectivity index (χ0) is 16.8. The van der Waals surface area contributed by atoms with Gasteiger partial charge in [0.05, 0.1) is 12.5 Å². The first-order chi connectivity index (χ1) is 10.3. The SMILES string of the molecule is CCCC(NS(=O)(=O)N1CCC(C(=O)OCC)CC1)C(=O)O. The molecule has 0 amide bonds. The first kappa shape index (κ1) is 18.9. The third-order valence-corrected chi connectivity index (χ3v) is 5.21. The van der Waals surface area contributed by atoms with Crippen LogP contribution < -0.4 is 4.72 Å². The van der Waals surface area contributed by atoms with E-state index >= 15 is 0 Å². The van der Waals surface area contributed by atoms with Crippen molar-refractivity contribution in [3.63, 3.8) is 0 Å². The molecule has 1 unspecified atom stereocenters. The summed E-state index contributed by atoms with van der Waals surface area (Å²) in [6, 6.07) is -1.13. The molecule has 128 valence electrons. The van der Waals surface area contributed by atoms with Crippen LogP contribution >= 0.6 is 0 Å². The number of hydrogen-bond donors (Lipinski definition) is 2. The normalized spacial score (nSPS) is 18.8. The minimum atomic E-state index is -3.86. The molecule has 8 nitrogen and oxygen atoms in total. The minimum absolute atomic E-state index is 0.178. The number of esters is 1. The van der Waals surface area contributed by atoms with Crippen LogP contribution in [0.3, 0.4) is 0 Å². The van der Waals surface area contributed by atoms with E-state index in [1.165, 1.54) is 4.31 Å². The lowest BCUT2D eigenvalue weighted by Gasteiger charge is -2.30. The van der Waals surface area contributed by atoms with Crippen LogP contribution in [-0.2, 0) is 24.5 Å². The van der Waals surface area contributed by atoms with Crippen molar-refractivity contribution in [3.05, 3.63) is 0 Å². The van der Waals surface area contributed by atoms with Gasteiger partial charge >= 0.3 is 11.9 Å². The molecule has 1 heterocycles. The molecule has 0 aromatic rings. The molecule has 0 bridgehead atoms. The van der Waals surface area contributed by atoms with Crippen LogP contribution in [0.1, 0.15) is 39.5 Å². The van der Waals surface area contributed by atoms with Crippen molar-refractivity contribution < 1.29 is 27.9 Å². The maximum Gasteiger partial charge on any atom is 0.321 e.